The largest absolute Gasteiger partial charge is 0.460 e. The van der Waals surface area contributed by atoms with Crippen LogP contribution in [0.1, 0.15) is 39.3 Å². The number of aromatic nitrogens is 2. The van der Waals surface area contributed by atoms with Crippen LogP contribution in [0, 0.1) is 6.92 Å². The summed E-state index contributed by atoms with van der Waals surface area (Å²) >= 11 is 0. The molecule has 2 N–H and O–H groups in total. The topological polar surface area (TPSA) is 89.2 Å². The van der Waals surface area contributed by atoms with Crippen molar-refractivity contribution in [2.45, 2.75) is 25.8 Å². The minimum absolute atomic E-state index is 0.0926. The fourth-order valence-corrected chi connectivity index (χ4v) is 3.40. The van der Waals surface area contributed by atoms with Crippen LogP contribution in [0.5, 0.6) is 0 Å². The molecule has 0 atom stereocenters. The second-order valence-electron chi connectivity index (χ2n) is 7.86. The number of furan rings is 1. The second-order valence-corrected chi connectivity index (χ2v) is 7.86. The van der Waals surface area contributed by atoms with Gasteiger partial charge in [-0.1, -0.05) is 18.2 Å². The van der Waals surface area contributed by atoms with Gasteiger partial charge in [-0.25, -0.2) is 4.68 Å². The normalized spacial score (nSPS) is 13.0. The van der Waals surface area contributed by atoms with Crippen molar-refractivity contribution in [1.82, 2.24) is 15.1 Å². The fraction of sp³-hybridized carbons (Fsp3) is 0.160. The Morgan fingerprint density at radius 3 is 2.38 bits per heavy atom. The van der Waals surface area contributed by atoms with Crippen molar-refractivity contribution < 1.29 is 14.0 Å². The highest BCUT2D eigenvalue weighted by Gasteiger charge is 2.24. The maximum absolute atomic E-state index is 13.1. The van der Waals surface area contributed by atoms with Gasteiger partial charge in [-0.2, -0.15) is 5.10 Å². The first-order valence-corrected chi connectivity index (χ1v) is 10.5. The number of anilines is 1. The summed E-state index contributed by atoms with van der Waals surface area (Å²) in [6.45, 7) is 1.85. The van der Waals surface area contributed by atoms with Crippen molar-refractivity contribution in [2.75, 3.05) is 5.32 Å². The Morgan fingerprint density at radius 1 is 0.969 bits per heavy atom. The molecule has 7 nitrogen and oxygen atoms in total. The molecule has 2 aromatic carbocycles. The molecule has 0 aliphatic heterocycles. The van der Waals surface area contributed by atoms with E-state index in [0.29, 0.717) is 34.3 Å². The molecular weight excluding hydrogens is 404 g/mol. The summed E-state index contributed by atoms with van der Waals surface area (Å²) < 4.78 is 7.40. The van der Waals surface area contributed by atoms with E-state index in [1.807, 2.05) is 43.3 Å². The number of carbonyl (C=O) groups excluding carboxylic acids is 2. The summed E-state index contributed by atoms with van der Waals surface area (Å²) in [6.07, 6.45) is 3.76. The van der Waals surface area contributed by atoms with Gasteiger partial charge in [0.1, 0.15) is 11.5 Å². The van der Waals surface area contributed by atoms with Crippen LogP contribution < -0.4 is 10.6 Å². The third-order valence-electron chi connectivity index (χ3n) is 5.27. The van der Waals surface area contributed by atoms with Gasteiger partial charge in [-0.05, 0) is 68.3 Å². The first-order chi connectivity index (χ1) is 15.6. The molecule has 0 bridgehead atoms. The van der Waals surface area contributed by atoms with E-state index in [9.17, 15) is 9.59 Å². The SMILES string of the molecule is Cc1ccc(-c2nn(-c3ccccc3)cc2C(=O)Nc2ccc(C(=O)NC3CC3)cc2)o1. The van der Waals surface area contributed by atoms with Crippen LogP contribution in [0.25, 0.3) is 17.1 Å². The minimum Gasteiger partial charge on any atom is -0.460 e. The molecule has 0 spiro atoms. The first-order valence-electron chi connectivity index (χ1n) is 10.5. The number of nitrogens with zero attached hydrogens (tertiary/aromatic N) is 2. The standard InChI is InChI=1S/C25H22N4O3/c1-16-7-14-22(32-16)23-21(15-29(28-23)20-5-3-2-4-6-20)25(31)27-18-10-8-17(9-11-18)24(30)26-19-12-13-19/h2-11,14-15,19H,12-13H2,1H3,(H,26,30)(H,27,31). The van der Waals surface area contributed by atoms with E-state index < -0.39 is 0 Å². The van der Waals surface area contributed by atoms with Crippen molar-refractivity contribution in [3.63, 3.8) is 0 Å². The summed E-state index contributed by atoms with van der Waals surface area (Å²) in [5, 5.41) is 10.5. The molecule has 1 saturated carbocycles. The molecule has 0 unspecified atom stereocenters. The van der Waals surface area contributed by atoms with Crippen molar-refractivity contribution in [1.29, 1.82) is 0 Å². The van der Waals surface area contributed by atoms with Crippen LogP contribution in [0.15, 0.2) is 77.3 Å². The average molecular weight is 426 g/mol. The van der Waals surface area contributed by atoms with Gasteiger partial charge >= 0.3 is 0 Å². The molecule has 0 saturated heterocycles. The highest BCUT2D eigenvalue weighted by molar-refractivity contribution is 6.08. The second kappa shape index (κ2) is 8.19. The molecule has 7 heteroatoms. The van der Waals surface area contributed by atoms with Gasteiger partial charge in [0.2, 0.25) is 0 Å². The third kappa shape index (κ3) is 4.18. The highest BCUT2D eigenvalue weighted by Crippen LogP contribution is 2.27. The van der Waals surface area contributed by atoms with Crippen LogP contribution in [-0.2, 0) is 0 Å². The molecule has 1 aliphatic rings. The van der Waals surface area contributed by atoms with Crippen molar-refractivity contribution >= 4 is 17.5 Å². The number of benzene rings is 2. The van der Waals surface area contributed by atoms with E-state index in [-0.39, 0.29) is 11.8 Å². The monoisotopic (exact) mass is 426 g/mol. The van der Waals surface area contributed by atoms with Gasteiger partial charge in [-0.15, -0.1) is 0 Å². The van der Waals surface area contributed by atoms with Crippen LogP contribution in [-0.4, -0.2) is 27.6 Å². The molecule has 1 aliphatic carbocycles. The van der Waals surface area contributed by atoms with Crippen LogP contribution in [0.2, 0.25) is 0 Å². The van der Waals surface area contributed by atoms with Crippen molar-refractivity contribution in [3.05, 3.63) is 89.8 Å². The predicted octanol–water partition coefficient (Wildman–Crippen LogP) is 4.59. The number of nitrogens with one attached hydrogen (secondary N) is 2. The Balaban J connectivity index is 1.41. The summed E-state index contributed by atoms with van der Waals surface area (Å²) in [5.41, 5.74) is 2.84. The van der Waals surface area contributed by atoms with E-state index in [0.717, 1.165) is 24.3 Å². The lowest BCUT2D eigenvalue weighted by Crippen LogP contribution is -2.25. The maximum atomic E-state index is 13.1. The molecule has 2 heterocycles. The maximum Gasteiger partial charge on any atom is 0.259 e. The summed E-state index contributed by atoms with van der Waals surface area (Å²) in [4.78, 5) is 25.3. The number of amides is 2. The van der Waals surface area contributed by atoms with Crippen molar-refractivity contribution in [2.24, 2.45) is 0 Å². The highest BCUT2D eigenvalue weighted by atomic mass is 16.3. The molecule has 32 heavy (non-hydrogen) atoms. The number of aryl methyl sites for hydroxylation is 1. The smallest absolute Gasteiger partial charge is 0.259 e. The van der Waals surface area contributed by atoms with E-state index in [1.165, 1.54) is 0 Å². The van der Waals surface area contributed by atoms with Gasteiger partial charge in [0.15, 0.2) is 5.76 Å². The lowest BCUT2D eigenvalue weighted by molar-refractivity contribution is 0.0950. The van der Waals surface area contributed by atoms with Gasteiger partial charge in [-0.3, -0.25) is 9.59 Å². The van der Waals surface area contributed by atoms with Gasteiger partial charge in [0, 0.05) is 23.5 Å². The van der Waals surface area contributed by atoms with Gasteiger partial charge < -0.3 is 15.1 Å². The number of hydrogen-bond donors (Lipinski definition) is 2. The Morgan fingerprint density at radius 2 is 1.72 bits per heavy atom. The van der Waals surface area contributed by atoms with Crippen LogP contribution in [0.3, 0.4) is 0 Å². The predicted molar refractivity (Wildman–Crippen MR) is 121 cm³/mol. The number of hydrogen-bond acceptors (Lipinski definition) is 4. The summed E-state index contributed by atoms with van der Waals surface area (Å²) in [6, 6.07) is 20.4. The average Bonchev–Trinajstić information content (AvgIpc) is 3.33. The summed E-state index contributed by atoms with van der Waals surface area (Å²) in [5.74, 6) is 0.853. The zero-order chi connectivity index (χ0) is 22.1. The lowest BCUT2D eigenvalue weighted by Gasteiger charge is -2.07. The zero-order valence-electron chi connectivity index (χ0n) is 17.5. The Labute approximate surface area is 185 Å². The molecule has 2 amide bonds. The number of para-hydroxylation sites is 1. The fourth-order valence-electron chi connectivity index (χ4n) is 3.40. The number of rotatable bonds is 6. The number of carbonyl (C=O) groups is 2. The first kappa shape index (κ1) is 19.8. The molecule has 1 fully saturated rings. The van der Waals surface area contributed by atoms with E-state index >= 15 is 0 Å². The van der Waals surface area contributed by atoms with E-state index in [2.05, 4.69) is 15.7 Å². The lowest BCUT2D eigenvalue weighted by atomic mass is 10.1. The molecule has 160 valence electrons. The molecule has 0 radical (unpaired) electrons. The Bertz CT molecular complexity index is 1270. The van der Waals surface area contributed by atoms with E-state index in [4.69, 9.17) is 4.42 Å². The zero-order valence-corrected chi connectivity index (χ0v) is 17.5. The quantitative estimate of drug-likeness (QED) is 0.472. The third-order valence-corrected chi connectivity index (χ3v) is 5.27. The van der Waals surface area contributed by atoms with Gasteiger partial charge in [0.25, 0.3) is 11.8 Å². The van der Waals surface area contributed by atoms with Crippen LogP contribution >= 0.6 is 0 Å². The van der Waals surface area contributed by atoms with Crippen molar-refractivity contribution in [3.8, 4) is 17.1 Å². The molecule has 2 aromatic heterocycles. The molecule has 4 aromatic rings. The molecule has 5 rings (SSSR count). The van der Waals surface area contributed by atoms with Gasteiger partial charge in [0.05, 0.1) is 11.3 Å². The Kier molecular flexibility index (Phi) is 5.07. The molecular formula is C25H22N4O3. The summed E-state index contributed by atoms with van der Waals surface area (Å²) in [7, 11) is 0. The van der Waals surface area contributed by atoms with E-state index in [1.54, 1.807) is 41.2 Å². The Hall–Kier alpha value is -4.13. The minimum atomic E-state index is -0.314. The van der Waals surface area contributed by atoms with Crippen LogP contribution in [0.4, 0.5) is 5.69 Å².